The molecule has 2 aromatic carbocycles. The number of carbonyl (C=O) groups is 1. The third-order valence-corrected chi connectivity index (χ3v) is 5.85. The molecule has 0 unspecified atom stereocenters. The average Bonchev–Trinajstić information content (AvgIpc) is 3.20. The van der Waals surface area contributed by atoms with E-state index in [4.69, 9.17) is 4.74 Å². The fourth-order valence-electron chi connectivity index (χ4n) is 4.24. The number of carbonyl (C=O) groups excluding carboxylic acids is 1. The van der Waals surface area contributed by atoms with Crippen LogP contribution in [0, 0.1) is 0 Å². The minimum Gasteiger partial charge on any atom is -0.489 e. The van der Waals surface area contributed by atoms with Gasteiger partial charge in [-0.05, 0) is 47.1 Å². The van der Waals surface area contributed by atoms with E-state index in [9.17, 15) is 4.79 Å². The van der Waals surface area contributed by atoms with Gasteiger partial charge in [0.2, 0.25) is 5.91 Å². The minimum atomic E-state index is 0.139. The Morgan fingerprint density at radius 3 is 2.43 bits per heavy atom. The fourth-order valence-corrected chi connectivity index (χ4v) is 4.24. The van der Waals surface area contributed by atoms with Crippen molar-refractivity contribution in [1.82, 2.24) is 4.90 Å². The number of fused-ring (bicyclic) bond motifs is 1. The number of amides is 1. The maximum atomic E-state index is 12.5. The number of rotatable bonds is 5. The van der Waals surface area contributed by atoms with E-state index in [-0.39, 0.29) is 11.3 Å². The summed E-state index contributed by atoms with van der Waals surface area (Å²) in [5.74, 6) is 1.15. The molecule has 0 N–H and O–H groups in total. The third kappa shape index (κ3) is 3.84. The molecule has 0 aromatic heterocycles. The summed E-state index contributed by atoms with van der Waals surface area (Å²) in [6.07, 6.45) is 3.37. The summed E-state index contributed by atoms with van der Waals surface area (Å²) in [6, 6.07) is 19.1. The van der Waals surface area contributed by atoms with E-state index in [0.29, 0.717) is 19.1 Å². The smallest absolute Gasteiger partial charge is 0.227 e. The van der Waals surface area contributed by atoms with E-state index in [1.54, 1.807) is 0 Å². The summed E-state index contributed by atoms with van der Waals surface area (Å²) < 4.78 is 6.13. The number of nitrogens with zero attached hydrogens (tertiary/aromatic N) is 1. The highest BCUT2D eigenvalue weighted by Gasteiger charge is 2.40. The zero-order valence-electron chi connectivity index (χ0n) is 17.1. The Labute approximate surface area is 168 Å². The van der Waals surface area contributed by atoms with Crippen molar-refractivity contribution >= 4 is 5.91 Å². The lowest BCUT2D eigenvalue weighted by Crippen LogP contribution is -2.28. The van der Waals surface area contributed by atoms with E-state index in [0.717, 1.165) is 30.7 Å². The van der Waals surface area contributed by atoms with Gasteiger partial charge in [-0.15, -0.1) is 0 Å². The molecule has 1 amide bonds. The lowest BCUT2D eigenvalue weighted by atomic mass is 9.87. The van der Waals surface area contributed by atoms with Crippen molar-refractivity contribution in [3.63, 3.8) is 0 Å². The first-order chi connectivity index (χ1) is 13.4. The lowest BCUT2D eigenvalue weighted by molar-refractivity contribution is -0.126. The molecule has 2 aliphatic heterocycles. The van der Waals surface area contributed by atoms with Gasteiger partial charge in [0.25, 0.3) is 0 Å². The summed E-state index contributed by atoms with van der Waals surface area (Å²) in [5, 5.41) is 0. The lowest BCUT2D eigenvalue weighted by Gasteiger charge is -2.21. The number of ether oxygens (including phenoxy) is 1. The second kappa shape index (κ2) is 7.46. The molecule has 0 spiro atoms. The van der Waals surface area contributed by atoms with Crippen LogP contribution in [0.1, 0.15) is 51.2 Å². The van der Waals surface area contributed by atoms with E-state index in [1.165, 1.54) is 16.7 Å². The standard InChI is InChI=1S/C25H29NO2/c1-25(2,3)20-9-12-22(13-10-20)28-17-19-16-21-11-14-24(27)26(21)23(19)15-18-7-5-4-6-8-18/h4-10,12-13,21H,11,14-17H2,1-3H3/t21-/m0/s1. The van der Waals surface area contributed by atoms with Crippen LogP contribution in [0.3, 0.4) is 0 Å². The molecule has 3 nitrogen and oxygen atoms in total. The number of hydrogen-bond acceptors (Lipinski definition) is 2. The van der Waals surface area contributed by atoms with Gasteiger partial charge in [0.15, 0.2) is 0 Å². The molecule has 1 fully saturated rings. The van der Waals surface area contributed by atoms with E-state index in [2.05, 4.69) is 69.3 Å². The molecular formula is C25H29NO2. The molecule has 3 heteroatoms. The number of allylic oxidation sites excluding steroid dienone is 1. The van der Waals surface area contributed by atoms with Crippen molar-refractivity contribution in [2.45, 2.75) is 57.9 Å². The SMILES string of the molecule is CC(C)(C)c1ccc(OCC2=C(Cc3ccccc3)N3C(=O)CC[C@H]3C2)cc1. The first-order valence-electron chi connectivity index (χ1n) is 10.2. The van der Waals surface area contributed by atoms with Gasteiger partial charge >= 0.3 is 0 Å². The van der Waals surface area contributed by atoms with Gasteiger partial charge in [0.1, 0.15) is 12.4 Å². The monoisotopic (exact) mass is 375 g/mol. The average molecular weight is 376 g/mol. The second-order valence-corrected chi connectivity index (χ2v) is 8.94. The molecule has 2 heterocycles. The normalized spacial score (nSPS) is 19.3. The van der Waals surface area contributed by atoms with Gasteiger partial charge in [-0.2, -0.15) is 0 Å². The van der Waals surface area contributed by atoms with Crippen molar-refractivity contribution < 1.29 is 9.53 Å². The Morgan fingerprint density at radius 2 is 1.75 bits per heavy atom. The van der Waals surface area contributed by atoms with Gasteiger partial charge in [-0.25, -0.2) is 0 Å². The Hall–Kier alpha value is -2.55. The van der Waals surface area contributed by atoms with Crippen molar-refractivity contribution in [2.24, 2.45) is 0 Å². The largest absolute Gasteiger partial charge is 0.489 e. The Morgan fingerprint density at radius 1 is 1.04 bits per heavy atom. The minimum absolute atomic E-state index is 0.139. The molecular weight excluding hydrogens is 346 g/mol. The molecule has 0 saturated carbocycles. The maximum Gasteiger partial charge on any atom is 0.227 e. The summed E-state index contributed by atoms with van der Waals surface area (Å²) in [5.41, 5.74) is 5.10. The Balaban J connectivity index is 1.52. The van der Waals surface area contributed by atoms with Crippen LogP contribution in [0.4, 0.5) is 0 Å². The third-order valence-electron chi connectivity index (χ3n) is 5.85. The van der Waals surface area contributed by atoms with E-state index in [1.807, 2.05) is 11.0 Å². The molecule has 28 heavy (non-hydrogen) atoms. The second-order valence-electron chi connectivity index (χ2n) is 8.94. The summed E-state index contributed by atoms with van der Waals surface area (Å²) in [6.45, 7) is 7.20. The van der Waals surface area contributed by atoms with Crippen LogP contribution in [-0.2, 0) is 16.6 Å². The van der Waals surface area contributed by atoms with Gasteiger partial charge in [0.05, 0.1) is 0 Å². The van der Waals surface area contributed by atoms with Crippen LogP contribution in [0.25, 0.3) is 0 Å². The van der Waals surface area contributed by atoms with Crippen LogP contribution >= 0.6 is 0 Å². The van der Waals surface area contributed by atoms with E-state index >= 15 is 0 Å². The van der Waals surface area contributed by atoms with Crippen LogP contribution < -0.4 is 4.74 Å². The summed E-state index contributed by atoms with van der Waals surface area (Å²) in [4.78, 5) is 14.5. The molecule has 0 aliphatic carbocycles. The van der Waals surface area contributed by atoms with Crippen molar-refractivity contribution in [3.8, 4) is 5.75 Å². The molecule has 1 atom stereocenters. The topological polar surface area (TPSA) is 29.5 Å². The predicted octanol–water partition coefficient (Wildman–Crippen LogP) is 5.25. The van der Waals surface area contributed by atoms with E-state index < -0.39 is 0 Å². The Kier molecular flexibility index (Phi) is 5.01. The molecule has 146 valence electrons. The van der Waals surface area contributed by atoms with Gasteiger partial charge in [-0.3, -0.25) is 4.79 Å². The zero-order chi connectivity index (χ0) is 19.7. The molecule has 0 bridgehead atoms. The predicted molar refractivity (Wildman–Crippen MR) is 112 cm³/mol. The highest BCUT2D eigenvalue weighted by molar-refractivity contribution is 5.82. The molecule has 2 aromatic rings. The van der Waals surface area contributed by atoms with Crippen LogP contribution in [0.2, 0.25) is 0 Å². The van der Waals surface area contributed by atoms with Crippen LogP contribution in [0.15, 0.2) is 65.9 Å². The van der Waals surface area contributed by atoms with Crippen LogP contribution in [-0.4, -0.2) is 23.5 Å². The Bertz CT molecular complexity index is 875. The van der Waals surface area contributed by atoms with Gasteiger partial charge in [-0.1, -0.05) is 63.2 Å². The van der Waals surface area contributed by atoms with Crippen molar-refractivity contribution in [1.29, 1.82) is 0 Å². The highest BCUT2D eigenvalue weighted by atomic mass is 16.5. The molecule has 4 rings (SSSR count). The zero-order valence-corrected chi connectivity index (χ0v) is 17.1. The fraction of sp³-hybridized carbons (Fsp3) is 0.400. The van der Waals surface area contributed by atoms with Crippen molar-refractivity contribution in [3.05, 3.63) is 77.0 Å². The first-order valence-corrected chi connectivity index (χ1v) is 10.2. The van der Waals surface area contributed by atoms with Crippen molar-refractivity contribution in [2.75, 3.05) is 6.61 Å². The summed E-state index contributed by atoms with van der Waals surface area (Å²) >= 11 is 0. The molecule has 1 saturated heterocycles. The molecule has 0 radical (unpaired) electrons. The highest BCUT2D eigenvalue weighted by Crippen LogP contribution is 2.38. The quantitative estimate of drug-likeness (QED) is 0.714. The number of hydrogen-bond donors (Lipinski definition) is 0. The number of benzene rings is 2. The maximum absolute atomic E-state index is 12.5. The first kappa shape index (κ1) is 18.8. The van der Waals surface area contributed by atoms with Gasteiger partial charge in [0, 0.05) is 24.6 Å². The summed E-state index contributed by atoms with van der Waals surface area (Å²) in [7, 11) is 0. The van der Waals surface area contributed by atoms with Gasteiger partial charge < -0.3 is 9.64 Å². The van der Waals surface area contributed by atoms with Crippen LogP contribution in [0.5, 0.6) is 5.75 Å². The molecule has 2 aliphatic rings.